The van der Waals surface area contributed by atoms with E-state index in [2.05, 4.69) is 5.32 Å². The third kappa shape index (κ3) is 2.93. The van der Waals surface area contributed by atoms with Crippen LogP contribution in [0.1, 0.15) is 24.9 Å². The van der Waals surface area contributed by atoms with Gasteiger partial charge in [0.15, 0.2) is 0 Å². The molecular weight excluding hydrogens is 211 g/mol. The van der Waals surface area contributed by atoms with Crippen molar-refractivity contribution in [2.24, 2.45) is 5.73 Å². The Morgan fingerprint density at radius 2 is 2.31 bits per heavy atom. The van der Waals surface area contributed by atoms with Gasteiger partial charge >= 0.3 is 0 Å². The molecule has 1 unspecified atom stereocenters. The summed E-state index contributed by atoms with van der Waals surface area (Å²) in [5.41, 5.74) is 5.36. The van der Waals surface area contributed by atoms with Gasteiger partial charge in [0, 0.05) is 5.56 Å². The summed E-state index contributed by atoms with van der Waals surface area (Å²) in [6.45, 7) is 2.49. The number of primary amides is 1. The van der Waals surface area contributed by atoms with E-state index in [4.69, 9.17) is 5.73 Å². The summed E-state index contributed by atoms with van der Waals surface area (Å²) in [6.07, 6.45) is 0.805. The van der Waals surface area contributed by atoms with E-state index in [1.165, 1.54) is 6.07 Å². The Kier molecular flexibility index (Phi) is 4.25. The van der Waals surface area contributed by atoms with Gasteiger partial charge in [0.05, 0.1) is 0 Å². The minimum Gasteiger partial charge on any atom is -0.508 e. The molecule has 5 heteroatoms. The monoisotopic (exact) mass is 226 g/mol. The van der Waals surface area contributed by atoms with Gasteiger partial charge < -0.3 is 16.2 Å². The molecule has 0 spiro atoms. The molecule has 1 amide bonds. The van der Waals surface area contributed by atoms with Crippen molar-refractivity contribution in [3.8, 4) is 5.75 Å². The first-order valence-corrected chi connectivity index (χ1v) is 5.07. The lowest BCUT2D eigenvalue weighted by atomic mass is 10.0. The molecule has 0 bridgehead atoms. The number of amides is 1. The molecule has 0 saturated heterocycles. The van der Waals surface area contributed by atoms with Crippen molar-refractivity contribution in [1.82, 2.24) is 5.32 Å². The van der Waals surface area contributed by atoms with Crippen LogP contribution in [-0.4, -0.2) is 17.6 Å². The first-order valence-electron chi connectivity index (χ1n) is 5.07. The highest BCUT2D eigenvalue weighted by atomic mass is 19.1. The molecule has 88 valence electrons. The molecular formula is C11H15FN2O2. The number of benzene rings is 1. The Bertz CT molecular complexity index is 382. The molecule has 0 fully saturated rings. The molecule has 0 saturated carbocycles. The van der Waals surface area contributed by atoms with Gasteiger partial charge in [-0.2, -0.15) is 0 Å². The van der Waals surface area contributed by atoms with Crippen molar-refractivity contribution < 1.29 is 14.3 Å². The second-order valence-corrected chi connectivity index (χ2v) is 3.49. The normalized spacial score (nSPS) is 12.4. The first kappa shape index (κ1) is 12.4. The lowest BCUT2D eigenvalue weighted by molar-refractivity contribution is -0.120. The molecule has 0 heterocycles. The van der Waals surface area contributed by atoms with E-state index < -0.39 is 17.8 Å². The van der Waals surface area contributed by atoms with Crippen LogP contribution in [0.5, 0.6) is 5.75 Å². The summed E-state index contributed by atoms with van der Waals surface area (Å²) >= 11 is 0. The van der Waals surface area contributed by atoms with E-state index in [-0.39, 0.29) is 11.3 Å². The summed E-state index contributed by atoms with van der Waals surface area (Å²) in [4.78, 5) is 11.2. The number of nitrogens with two attached hydrogens (primary N) is 1. The van der Waals surface area contributed by atoms with Crippen LogP contribution in [0.4, 0.5) is 4.39 Å². The number of hydrogen-bond acceptors (Lipinski definition) is 3. The number of halogens is 1. The number of hydrogen-bond donors (Lipinski definition) is 3. The van der Waals surface area contributed by atoms with Crippen molar-refractivity contribution in [3.63, 3.8) is 0 Å². The van der Waals surface area contributed by atoms with Crippen LogP contribution in [0.2, 0.25) is 0 Å². The molecule has 16 heavy (non-hydrogen) atoms. The fourth-order valence-corrected chi connectivity index (χ4v) is 1.41. The van der Waals surface area contributed by atoms with Crippen molar-refractivity contribution in [2.45, 2.75) is 19.4 Å². The van der Waals surface area contributed by atoms with E-state index in [1.807, 2.05) is 6.92 Å². The van der Waals surface area contributed by atoms with E-state index in [0.29, 0.717) is 6.54 Å². The van der Waals surface area contributed by atoms with Crippen molar-refractivity contribution >= 4 is 5.91 Å². The Morgan fingerprint density at radius 3 is 2.88 bits per heavy atom. The fraction of sp³-hybridized carbons (Fsp3) is 0.364. The number of rotatable bonds is 5. The Morgan fingerprint density at radius 1 is 1.62 bits per heavy atom. The minimum atomic E-state index is -0.865. The van der Waals surface area contributed by atoms with E-state index in [9.17, 15) is 14.3 Å². The summed E-state index contributed by atoms with van der Waals surface area (Å²) in [5, 5.41) is 12.4. The molecule has 0 radical (unpaired) electrons. The zero-order chi connectivity index (χ0) is 12.1. The standard InChI is InChI=1S/C11H15FN2O2/c1-2-5-14-10(11(13)16)8-6-7(12)3-4-9(8)15/h3-4,6,10,14-15H,2,5H2,1H3,(H2,13,16). The zero-order valence-electron chi connectivity index (χ0n) is 9.03. The van der Waals surface area contributed by atoms with Crippen molar-refractivity contribution in [2.75, 3.05) is 6.54 Å². The molecule has 0 aliphatic rings. The number of aromatic hydroxyl groups is 1. The molecule has 1 aromatic rings. The SMILES string of the molecule is CCCNC(C(N)=O)c1cc(F)ccc1O. The van der Waals surface area contributed by atoms with E-state index in [1.54, 1.807) is 0 Å². The highest BCUT2D eigenvalue weighted by molar-refractivity contribution is 5.82. The predicted molar refractivity (Wildman–Crippen MR) is 58.3 cm³/mol. The quantitative estimate of drug-likeness (QED) is 0.702. The maximum absolute atomic E-state index is 13.0. The molecule has 1 atom stereocenters. The fourth-order valence-electron chi connectivity index (χ4n) is 1.41. The summed E-state index contributed by atoms with van der Waals surface area (Å²) < 4.78 is 13.0. The van der Waals surface area contributed by atoms with E-state index >= 15 is 0 Å². The van der Waals surface area contributed by atoms with Crippen LogP contribution >= 0.6 is 0 Å². The zero-order valence-corrected chi connectivity index (χ0v) is 9.03. The van der Waals surface area contributed by atoms with Gasteiger partial charge in [-0.1, -0.05) is 6.92 Å². The summed E-state index contributed by atoms with van der Waals surface area (Å²) in [7, 11) is 0. The largest absolute Gasteiger partial charge is 0.508 e. The van der Waals surface area contributed by atoms with Crippen LogP contribution in [0, 0.1) is 5.82 Å². The molecule has 4 nitrogen and oxygen atoms in total. The second kappa shape index (κ2) is 5.46. The van der Waals surface area contributed by atoms with Crippen LogP contribution in [0.3, 0.4) is 0 Å². The lowest BCUT2D eigenvalue weighted by Gasteiger charge is -2.16. The first-order chi connectivity index (χ1) is 7.56. The maximum Gasteiger partial charge on any atom is 0.239 e. The molecule has 1 rings (SSSR count). The molecule has 0 aromatic heterocycles. The second-order valence-electron chi connectivity index (χ2n) is 3.49. The van der Waals surface area contributed by atoms with Gasteiger partial charge in [-0.05, 0) is 31.2 Å². The van der Waals surface area contributed by atoms with E-state index in [0.717, 1.165) is 18.6 Å². The number of carbonyl (C=O) groups is 1. The van der Waals surface area contributed by atoms with Gasteiger partial charge in [-0.25, -0.2) is 4.39 Å². The maximum atomic E-state index is 13.0. The number of carbonyl (C=O) groups excluding carboxylic acids is 1. The van der Waals surface area contributed by atoms with Crippen LogP contribution in [-0.2, 0) is 4.79 Å². The van der Waals surface area contributed by atoms with Gasteiger partial charge in [-0.3, -0.25) is 4.79 Å². The minimum absolute atomic E-state index is 0.145. The van der Waals surface area contributed by atoms with Crippen LogP contribution < -0.4 is 11.1 Å². The van der Waals surface area contributed by atoms with Crippen molar-refractivity contribution in [1.29, 1.82) is 0 Å². The molecule has 0 aliphatic heterocycles. The Balaban J connectivity index is 3.00. The number of phenols is 1. The summed E-state index contributed by atoms with van der Waals surface area (Å²) in [6, 6.07) is 2.56. The predicted octanol–water partition coefficient (Wildman–Crippen LogP) is 1.06. The third-order valence-corrected chi connectivity index (χ3v) is 2.18. The highest BCUT2D eigenvalue weighted by Gasteiger charge is 2.20. The number of phenolic OH excluding ortho intramolecular Hbond substituents is 1. The molecule has 4 N–H and O–H groups in total. The highest BCUT2D eigenvalue weighted by Crippen LogP contribution is 2.24. The van der Waals surface area contributed by atoms with Gasteiger partial charge in [0.1, 0.15) is 17.6 Å². The van der Waals surface area contributed by atoms with Crippen molar-refractivity contribution in [3.05, 3.63) is 29.6 Å². The molecule has 0 aliphatic carbocycles. The smallest absolute Gasteiger partial charge is 0.239 e. The van der Waals surface area contributed by atoms with Gasteiger partial charge in [0.2, 0.25) is 5.91 Å². The topological polar surface area (TPSA) is 75.3 Å². The number of nitrogens with one attached hydrogen (secondary N) is 1. The Hall–Kier alpha value is -1.62. The summed E-state index contributed by atoms with van der Waals surface area (Å²) in [5.74, 6) is -1.31. The van der Waals surface area contributed by atoms with Gasteiger partial charge in [0.25, 0.3) is 0 Å². The average Bonchev–Trinajstić information content (AvgIpc) is 2.23. The third-order valence-electron chi connectivity index (χ3n) is 2.18. The average molecular weight is 226 g/mol. The van der Waals surface area contributed by atoms with Gasteiger partial charge in [-0.15, -0.1) is 0 Å². The lowest BCUT2D eigenvalue weighted by Crippen LogP contribution is -2.34. The van der Waals surface area contributed by atoms with Crippen LogP contribution in [0.25, 0.3) is 0 Å². The Labute approximate surface area is 93.3 Å². The molecule has 1 aromatic carbocycles. The van der Waals surface area contributed by atoms with Crippen LogP contribution in [0.15, 0.2) is 18.2 Å².